The van der Waals surface area contributed by atoms with Gasteiger partial charge < -0.3 is 15.0 Å². The molecule has 2 aromatic rings. The molecule has 0 saturated carbocycles. The number of hydrogen-bond donors (Lipinski definition) is 1. The van der Waals surface area contributed by atoms with Crippen LogP contribution in [0.2, 0.25) is 0 Å². The highest BCUT2D eigenvalue weighted by atomic mass is 32.1. The number of hydrogen-bond acceptors (Lipinski definition) is 5. The van der Waals surface area contributed by atoms with E-state index in [0.717, 1.165) is 22.4 Å². The molecule has 2 aliphatic rings. The van der Waals surface area contributed by atoms with Crippen LogP contribution in [-0.4, -0.2) is 47.0 Å². The number of amides is 2. The van der Waals surface area contributed by atoms with Gasteiger partial charge in [0.1, 0.15) is 5.60 Å². The predicted molar refractivity (Wildman–Crippen MR) is 102 cm³/mol. The zero-order chi connectivity index (χ0) is 18.9. The van der Waals surface area contributed by atoms with E-state index in [1.54, 1.807) is 12.4 Å². The Hall–Kier alpha value is -2.25. The van der Waals surface area contributed by atoms with Crippen molar-refractivity contribution in [3.63, 3.8) is 0 Å². The van der Waals surface area contributed by atoms with Crippen LogP contribution in [0.1, 0.15) is 33.6 Å². The Kier molecular flexibility index (Phi) is 4.97. The molecule has 1 N–H and O–H groups in total. The van der Waals surface area contributed by atoms with Crippen LogP contribution in [0, 0.1) is 12.8 Å². The number of aryl methyl sites for hydroxylation is 1. The first-order valence-corrected chi connectivity index (χ1v) is 10.1. The van der Waals surface area contributed by atoms with Crippen molar-refractivity contribution >= 4 is 23.2 Å². The minimum atomic E-state index is -0.253. The van der Waals surface area contributed by atoms with Crippen molar-refractivity contribution in [2.75, 3.05) is 19.7 Å². The summed E-state index contributed by atoms with van der Waals surface area (Å²) in [4.78, 5) is 31.4. The molecule has 2 aromatic heterocycles. The quantitative estimate of drug-likeness (QED) is 0.858. The normalized spacial score (nSPS) is 20.5. The first-order valence-electron chi connectivity index (χ1n) is 9.18. The summed E-state index contributed by atoms with van der Waals surface area (Å²) >= 11 is 1.49. The lowest BCUT2D eigenvalue weighted by atomic mass is 9.85. The Morgan fingerprint density at radius 1 is 1.33 bits per heavy atom. The summed E-state index contributed by atoms with van der Waals surface area (Å²) in [5.41, 5.74) is 1.81. The second-order valence-corrected chi connectivity index (χ2v) is 8.41. The van der Waals surface area contributed by atoms with Crippen LogP contribution in [0.3, 0.4) is 0 Å². The summed E-state index contributed by atoms with van der Waals surface area (Å²) in [6.07, 6.45) is 4.74. The monoisotopic (exact) mass is 385 g/mol. The summed E-state index contributed by atoms with van der Waals surface area (Å²) < 4.78 is 6.00. The lowest BCUT2D eigenvalue weighted by Gasteiger charge is -2.47. The van der Waals surface area contributed by atoms with Crippen molar-refractivity contribution in [3.05, 3.63) is 52.0 Å². The molecule has 0 bridgehead atoms. The largest absolute Gasteiger partial charge is 0.371 e. The van der Waals surface area contributed by atoms with Gasteiger partial charge in [-0.05, 0) is 54.0 Å². The number of carbonyl (C=O) groups is 2. The maximum absolute atomic E-state index is 12.5. The number of nitrogens with one attached hydrogen (secondary N) is 1. The Morgan fingerprint density at radius 3 is 2.81 bits per heavy atom. The second kappa shape index (κ2) is 7.40. The van der Waals surface area contributed by atoms with Gasteiger partial charge in [0, 0.05) is 25.4 Å². The predicted octanol–water partition coefficient (Wildman–Crippen LogP) is 2.39. The van der Waals surface area contributed by atoms with E-state index in [1.165, 1.54) is 11.3 Å². The fourth-order valence-corrected chi connectivity index (χ4v) is 4.75. The summed E-state index contributed by atoms with van der Waals surface area (Å²) in [7, 11) is 0. The van der Waals surface area contributed by atoms with Crippen LogP contribution in [0.25, 0.3) is 0 Å². The van der Waals surface area contributed by atoms with Crippen molar-refractivity contribution in [3.8, 4) is 0 Å². The highest BCUT2D eigenvalue weighted by Crippen LogP contribution is 2.40. The third-order valence-electron chi connectivity index (χ3n) is 5.30. The minimum Gasteiger partial charge on any atom is -0.371 e. The van der Waals surface area contributed by atoms with Gasteiger partial charge in [-0.3, -0.25) is 14.6 Å². The molecule has 4 heterocycles. The molecule has 2 fully saturated rings. The van der Waals surface area contributed by atoms with Crippen molar-refractivity contribution in [2.45, 2.75) is 31.9 Å². The first kappa shape index (κ1) is 18.1. The molecular formula is C20H23N3O3S. The number of likely N-dealkylation sites (tertiary alicyclic amines) is 1. The van der Waals surface area contributed by atoms with Crippen molar-refractivity contribution in [1.82, 2.24) is 15.2 Å². The topological polar surface area (TPSA) is 71.5 Å². The standard InChI is InChI=1S/C20H23N3O3S/c1-14-4-7-27-18(14)19(25)23-12-20(13-23)9-16(11-26-20)8-17(24)22-10-15-2-5-21-6-3-15/h2-7,16H,8-13H2,1H3,(H,22,24). The average Bonchev–Trinajstić information content (AvgIpc) is 3.25. The molecule has 0 radical (unpaired) electrons. The average molecular weight is 385 g/mol. The van der Waals surface area contributed by atoms with Crippen LogP contribution >= 0.6 is 11.3 Å². The molecular weight excluding hydrogens is 362 g/mol. The number of carbonyl (C=O) groups excluding carboxylic acids is 2. The lowest BCUT2D eigenvalue weighted by molar-refractivity contribution is -0.122. The van der Waals surface area contributed by atoms with E-state index in [-0.39, 0.29) is 23.3 Å². The van der Waals surface area contributed by atoms with Crippen LogP contribution in [0.5, 0.6) is 0 Å². The SMILES string of the molecule is Cc1ccsc1C(=O)N1CC2(CC(CC(=O)NCc3ccncc3)CO2)C1. The van der Waals surface area contributed by atoms with Gasteiger partial charge in [-0.2, -0.15) is 0 Å². The summed E-state index contributed by atoms with van der Waals surface area (Å²) in [5, 5.41) is 4.90. The molecule has 27 heavy (non-hydrogen) atoms. The van der Waals surface area contributed by atoms with E-state index < -0.39 is 0 Å². The van der Waals surface area contributed by atoms with Gasteiger partial charge in [0.25, 0.3) is 5.91 Å². The zero-order valence-corrected chi connectivity index (χ0v) is 16.1. The molecule has 4 rings (SSSR count). The van der Waals surface area contributed by atoms with E-state index in [9.17, 15) is 9.59 Å². The highest BCUT2D eigenvalue weighted by Gasteiger charge is 2.51. The van der Waals surface area contributed by atoms with Gasteiger partial charge in [0.2, 0.25) is 5.91 Å². The summed E-state index contributed by atoms with van der Waals surface area (Å²) in [6, 6.07) is 5.76. The van der Waals surface area contributed by atoms with Crippen molar-refractivity contribution < 1.29 is 14.3 Å². The second-order valence-electron chi connectivity index (χ2n) is 7.49. The Balaban J connectivity index is 1.23. The molecule has 0 aliphatic carbocycles. The first-order chi connectivity index (χ1) is 13.0. The number of nitrogens with zero attached hydrogens (tertiary/aromatic N) is 2. The van der Waals surface area contributed by atoms with Gasteiger partial charge in [-0.15, -0.1) is 11.3 Å². The van der Waals surface area contributed by atoms with Gasteiger partial charge in [-0.25, -0.2) is 0 Å². The molecule has 2 saturated heterocycles. The smallest absolute Gasteiger partial charge is 0.264 e. The van der Waals surface area contributed by atoms with E-state index in [0.29, 0.717) is 32.7 Å². The third-order valence-corrected chi connectivity index (χ3v) is 6.31. The van der Waals surface area contributed by atoms with E-state index in [1.807, 2.05) is 35.4 Å². The fourth-order valence-electron chi connectivity index (χ4n) is 3.85. The number of thiophene rings is 1. The summed E-state index contributed by atoms with van der Waals surface area (Å²) in [5.74, 6) is 0.345. The van der Waals surface area contributed by atoms with E-state index in [4.69, 9.17) is 4.74 Å². The van der Waals surface area contributed by atoms with Crippen LogP contribution < -0.4 is 5.32 Å². The van der Waals surface area contributed by atoms with Crippen molar-refractivity contribution in [1.29, 1.82) is 0 Å². The Morgan fingerprint density at radius 2 is 2.11 bits per heavy atom. The Bertz CT molecular complexity index is 830. The van der Waals surface area contributed by atoms with Crippen molar-refractivity contribution in [2.24, 2.45) is 5.92 Å². The van der Waals surface area contributed by atoms with Crippen LogP contribution in [0.4, 0.5) is 0 Å². The van der Waals surface area contributed by atoms with Gasteiger partial charge in [-0.1, -0.05) is 0 Å². The maximum Gasteiger partial charge on any atom is 0.264 e. The molecule has 1 spiro atoms. The van der Waals surface area contributed by atoms with Crippen LogP contribution in [-0.2, 0) is 16.1 Å². The van der Waals surface area contributed by atoms with E-state index in [2.05, 4.69) is 10.3 Å². The maximum atomic E-state index is 12.5. The van der Waals surface area contributed by atoms with Crippen LogP contribution in [0.15, 0.2) is 36.0 Å². The molecule has 0 aromatic carbocycles. The molecule has 1 unspecified atom stereocenters. The molecule has 1 atom stereocenters. The fraction of sp³-hybridized carbons (Fsp3) is 0.450. The molecule has 2 aliphatic heterocycles. The van der Waals surface area contributed by atoms with E-state index >= 15 is 0 Å². The third kappa shape index (κ3) is 3.89. The number of ether oxygens (including phenoxy) is 1. The molecule has 6 nitrogen and oxygen atoms in total. The number of aromatic nitrogens is 1. The van der Waals surface area contributed by atoms with Gasteiger partial charge >= 0.3 is 0 Å². The molecule has 142 valence electrons. The Labute approximate surface area is 162 Å². The van der Waals surface area contributed by atoms with Gasteiger partial charge in [0.15, 0.2) is 0 Å². The minimum absolute atomic E-state index is 0.0407. The summed E-state index contributed by atoms with van der Waals surface area (Å²) in [6.45, 7) is 4.31. The molecule has 2 amide bonds. The molecule has 7 heteroatoms. The zero-order valence-electron chi connectivity index (χ0n) is 15.3. The highest BCUT2D eigenvalue weighted by molar-refractivity contribution is 7.12. The number of pyridine rings is 1. The lowest BCUT2D eigenvalue weighted by Crippen LogP contribution is -2.63. The number of rotatable bonds is 5. The van der Waals surface area contributed by atoms with Gasteiger partial charge in [0.05, 0.1) is 24.6 Å².